The summed E-state index contributed by atoms with van der Waals surface area (Å²) in [5.74, 6) is -1.18. The van der Waals surface area contributed by atoms with E-state index >= 15 is 0 Å². The van der Waals surface area contributed by atoms with Crippen LogP contribution in [0.25, 0.3) is 0 Å². The SMILES string of the molecule is COc1ccccc1N(CCN1C(=O)c2ccccc2C1=O)C(=O)c1ccc(F)cc1. The van der Waals surface area contributed by atoms with E-state index in [2.05, 4.69) is 0 Å². The molecule has 0 unspecified atom stereocenters. The van der Waals surface area contributed by atoms with Crippen molar-refractivity contribution in [2.24, 2.45) is 0 Å². The van der Waals surface area contributed by atoms with Gasteiger partial charge in [0.1, 0.15) is 11.6 Å². The fourth-order valence-corrected chi connectivity index (χ4v) is 3.57. The normalized spacial score (nSPS) is 12.6. The van der Waals surface area contributed by atoms with Gasteiger partial charge in [0.25, 0.3) is 17.7 Å². The molecule has 3 aromatic carbocycles. The van der Waals surface area contributed by atoms with Gasteiger partial charge in [0.05, 0.1) is 23.9 Å². The molecule has 6 nitrogen and oxygen atoms in total. The van der Waals surface area contributed by atoms with Crippen molar-refractivity contribution in [2.75, 3.05) is 25.1 Å². The van der Waals surface area contributed by atoms with Crippen LogP contribution in [0.3, 0.4) is 0 Å². The van der Waals surface area contributed by atoms with Gasteiger partial charge in [-0.1, -0.05) is 24.3 Å². The maximum atomic E-state index is 13.3. The number of benzene rings is 3. The maximum absolute atomic E-state index is 13.3. The maximum Gasteiger partial charge on any atom is 0.261 e. The lowest BCUT2D eigenvalue weighted by molar-refractivity contribution is 0.0654. The quantitative estimate of drug-likeness (QED) is 0.572. The highest BCUT2D eigenvalue weighted by atomic mass is 19.1. The minimum atomic E-state index is -0.452. The smallest absolute Gasteiger partial charge is 0.261 e. The highest BCUT2D eigenvalue weighted by Gasteiger charge is 2.35. The van der Waals surface area contributed by atoms with Crippen molar-refractivity contribution in [1.82, 2.24) is 4.90 Å². The standard InChI is InChI=1S/C24H19FN2O4/c1-31-21-9-5-4-8-20(21)26(22(28)16-10-12-17(25)13-11-16)14-15-27-23(29)18-6-2-3-7-19(18)24(27)30/h2-13H,14-15H2,1H3. The lowest BCUT2D eigenvalue weighted by Gasteiger charge is -2.26. The molecule has 1 heterocycles. The third-order valence-electron chi connectivity index (χ3n) is 5.14. The number of amides is 3. The summed E-state index contributed by atoms with van der Waals surface area (Å²) < 4.78 is 18.7. The molecule has 0 N–H and O–H groups in total. The Morgan fingerprint density at radius 2 is 1.48 bits per heavy atom. The number of carbonyl (C=O) groups excluding carboxylic acids is 3. The molecule has 0 bridgehead atoms. The summed E-state index contributed by atoms with van der Waals surface area (Å²) in [5.41, 5.74) is 1.45. The first-order valence-corrected chi connectivity index (χ1v) is 9.67. The fraction of sp³-hybridized carbons (Fsp3) is 0.125. The topological polar surface area (TPSA) is 66.9 Å². The molecule has 1 aliphatic rings. The van der Waals surface area contributed by atoms with Gasteiger partial charge in [-0.05, 0) is 48.5 Å². The van der Waals surface area contributed by atoms with Crippen LogP contribution < -0.4 is 9.64 Å². The zero-order valence-corrected chi connectivity index (χ0v) is 16.7. The summed E-state index contributed by atoms with van der Waals surface area (Å²) in [5, 5.41) is 0. The third-order valence-corrected chi connectivity index (χ3v) is 5.14. The van der Waals surface area contributed by atoms with Gasteiger partial charge in [0, 0.05) is 18.7 Å². The Bertz CT molecular complexity index is 1130. The Balaban J connectivity index is 1.64. The first kappa shape index (κ1) is 20.3. The molecule has 3 amide bonds. The molecule has 0 saturated heterocycles. The molecule has 0 aliphatic carbocycles. The summed E-state index contributed by atoms with van der Waals surface area (Å²) in [4.78, 5) is 41.2. The monoisotopic (exact) mass is 418 g/mol. The van der Waals surface area contributed by atoms with E-state index in [1.807, 2.05) is 0 Å². The molecule has 0 spiro atoms. The van der Waals surface area contributed by atoms with E-state index in [0.29, 0.717) is 22.6 Å². The predicted molar refractivity (Wildman–Crippen MR) is 113 cm³/mol. The van der Waals surface area contributed by atoms with Crippen molar-refractivity contribution in [2.45, 2.75) is 0 Å². The largest absolute Gasteiger partial charge is 0.495 e. The number of hydrogen-bond acceptors (Lipinski definition) is 4. The molecule has 1 aliphatic heterocycles. The molecule has 0 fully saturated rings. The number of ether oxygens (including phenoxy) is 1. The molecular weight excluding hydrogens is 399 g/mol. The average Bonchev–Trinajstić information content (AvgIpc) is 3.04. The summed E-state index contributed by atoms with van der Waals surface area (Å²) in [6.07, 6.45) is 0. The molecule has 4 rings (SSSR count). The molecule has 0 radical (unpaired) electrons. The number of carbonyl (C=O) groups is 3. The number of hydrogen-bond donors (Lipinski definition) is 0. The van der Waals surface area contributed by atoms with Gasteiger partial charge in [-0.15, -0.1) is 0 Å². The Hall–Kier alpha value is -4.00. The lowest BCUT2D eigenvalue weighted by Crippen LogP contribution is -2.41. The third kappa shape index (κ3) is 3.77. The van der Waals surface area contributed by atoms with Crippen molar-refractivity contribution in [1.29, 1.82) is 0 Å². The first-order valence-electron chi connectivity index (χ1n) is 9.67. The second-order valence-corrected chi connectivity index (χ2v) is 6.94. The van der Waals surface area contributed by atoms with Crippen LogP contribution in [0.5, 0.6) is 5.75 Å². The highest BCUT2D eigenvalue weighted by molar-refractivity contribution is 6.21. The van der Waals surface area contributed by atoms with Crippen molar-refractivity contribution < 1.29 is 23.5 Å². The number of anilines is 1. The van der Waals surface area contributed by atoms with E-state index in [0.717, 1.165) is 4.90 Å². The number of fused-ring (bicyclic) bond motifs is 1. The second-order valence-electron chi connectivity index (χ2n) is 6.94. The Kier molecular flexibility index (Phi) is 5.49. The molecule has 3 aromatic rings. The van der Waals surface area contributed by atoms with Crippen molar-refractivity contribution in [3.63, 3.8) is 0 Å². The van der Waals surface area contributed by atoms with Crippen LogP contribution in [0.15, 0.2) is 72.8 Å². The van der Waals surface area contributed by atoms with Gasteiger partial charge in [-0.2, -0.15) is 0 Å². The molecule has 0 aromatic heterocycles. The number of imide groups is 1. The van der Waals surface area contributed by atoms with Gasteiger partial charge in [-0.25, -0.2) is 4.39 Å². The highest BCUT2D eigenvalue weighted by Crippen LogP contribution is 2.30. The van der Waals surface area contributed by atoms with E-state index in [1.54, 1.807) is 48.5 Å². The lowest BCUT2D eigenvalue weighted by atomic mass is 10.1. The molecule has 0 saturated carbocycles. The first-order chi connectivity index (χ1) is 15.0. The molecule has 156 valence electrons. The van der Waals surface area contributed by atoms with Gasteiger partial charge in [0.15, 0.2) is 0 Å². The number of methoxy groups -OCH3 is 1. The van der Waals surface area contributed by atoms with Gasteiger partial charge >= 0.3 is 0 Å². The van der Waals surface area contributed by atoms with Gasteiger partial charge < -0.3 is 9.64 Å². The average molecular weight is 418 g/mol. The number of para-hydroxylation sites is 2. The Morgan fingerprint density at radius 1 is 0.903 bits per heavy atom. The predicted octanol–water partition coefficient (Wildman–Crippen LogP) is 3.78. The minimum Gasteiger partial charge on any atom is -0.495 e. The van der Waals surface area contributed by atoms with Crippen molar-refractivity contribution >= 4 is 23.4 Å². The van der Waals surface area contributed by atoms with Crippen LogP contribution >= 0.6 is 0 Å². The summed E-state index contributed by atoms with van der Waals surface area (Å²) >= 11 is 0. The molecular formula is C24H19FN2O4. The van der Waals surface area contributed by atoms with Crippen LogP contribution in [-0.4, -0.2) is 42.8 Å². The van der Waals surface area contributed by atoms with Gasteiger partial charge in [-0.3, -0.25) is 19.3 Å². The Labute approximate surface area is 178 Å². The van der Waals surface area contributed by atoms with Crippen molar-refractivity contribution in [3.05, 3.63) is 95.3 Å². The number of rotatable bonds is 6. The van der Waals surface area contributed by atoms with Crippen LogP contribution in [0.4, 0.5) is 10.1 Å². The van der Waals surface area contributed by atoms with Crippen LogP contribution in [-0.2, 0) is 0 Å². The van der Waals surface area contributed by atoms with E-state index in [4.69, 9.17) is 4.74 Å². The zero-order chi connectivity index (χ0) is 22.0. The van der Waals surface area contributed by atoms with Crippen molar-refractivity contribution in [3.8, 4) is 5.75 Å². The van der Waals surface area contributed by atoms with E-state index in [9.17, 15) is 18.8 Å². The summed E-state index contributed by atoms with van der Waals surface area (Å²) in [7, 11) is 1.49. The van der Waals surface area contributed by atoms with Gasteiger partial charge in [0.2, 0.25) is 0 Å². The molecule has 31 heavy (non-hydrogen) atoms. The Morgan fingerprint density at radius 3 is 2.10 bits per heavy atom. The van der Waals surface area contributed by atoms with Crippen LogP contribution in [0.1, 0.15) is 31.1 Å². The minimum absolute atomic E-state index is 0.00265. The molecule has 0 atom stereocenters. The number of halogens is 1. The zero-order valence-electron chi connectivity index (χ0n) is 16.7. The van der Waals surface area contributed by atoms with Crippen LogP contribution in [0, 0.1) is 5.82 Å². The van der Waals surface area contributed by atoms with Crippen LogP contribution in [0.2, 0.25) is 0 Å². The summed E-state index contributed by atoms with van der Waals surface area (Å²) in [6, 6.07) is 18.8. The summed E-state index contributed by atoms with van der Waals surface area (Å²) in [6.45, 7) is 0.0411. The van der Waals surface area contributed by atoms with E-state index in [-0.39, 0.29) is 18.7 Å². The number of nitrogens with zero attached hydrogens (tertiary/aromatic N) is 2. The van der Waals surface area contributed by atoms with E-state index < -0.39 is 23.5 Å². The molecule has 7 heteroatoms. The second kappa shape index (κ2) is 8.39. The van der Waals surface area contributed by atoms with E-state index in [1.165, 1.54) is 36.3 Å². The fourth-order valence-electron chi connectivity index (χ4n) is 3.57.